The van der Waals surface area contributed by atoms with Gasteiger partial charge in [0.25, 0.3) is 0 Å². The second kappa shape index (κ2) is 5.40. The average Bonchev–Trinajstić information content (AvgIpc) is 2.75. The Bertz CT molecular complexity index is 476. The topological polar surface area (TPSA) is 49.4 Å². The Balaban J connectivity index is 1.97. The number of likely N-dealkylation sites (N-methyl/N-ethyl adjacent to an activating group) is 1. The molecule has 5 heteroatoms. The first-order chi connectivity index (χ1) is 8.56. The molecular formula is C13H15ClN2O2. The molecule has 2 rings (SSSR count). The first kappa shape index (κ1) is 12.9. The molecule has 18 heavy (non-hydrogen) atoms. The second-order valence-corrected chi connectivity index (χ2v) is 4.92. The van der Waals surface area contributed by atoms with Crippen molar-refractivity contribution in [3.05, 3.63) is 34.9 Å². The molecule has 1 fully saturated rings. The number of nitrogens with zero attached hydrogens (tertiary/aromatic N) is 1. The number of carbonyl (C=O) groups excluding carboxylic acids is 2. The molecule has 2 amide bonds. The first-order valence-corrected chi connectivity index (χ1v) is 6.23. The zero-order valence-corrected chi connectivity index (χ0v) is 10.9. The Labute approximate surface area is 111 Å². The zero-order chi connectivity index (χ0) is 13.1. The monoisotopic (exact) mass is 266 g/mol. The Morgan fingerprint density at radius 3 is 2.94 bits per heavy atom. The molecule has 1 aliphatic heterocycles. The van der Waals surface area contributed by atoms with E-state index in [2.05, 4.69) is 5.32 Å². The van der Waals surface area contributed by atoms with Gasteiger partial charge in [0.15, 0.2) is 0 Å². The van der Waals surface area contributed by atoms with Gasteiger partial charge in [0.05, 0.1) is 0 Å². The van der Waals surface area contributed by atoms with E-state index in [4.69, 9.17) is 11.6 Å². The lowest BCUT2D eigenvalue weighted by Gasteiger charge is -2.21. The van der Waals surface area contributed by atoms with E-state index in [1.54, 1.807) is 18.0 Å². The number of hydrogen-bond donors (Lipinski definition) is 1. The van der Waals surface area contributed by atoms with E-state index < -0.39 is 0 Å². The van der Waals surface area contributed by atoms with E-state index in [-0.39, 0.29) is 17.9 Å². The minimum Gasteiger partial charge on any atom is -0.344 e. The highest BCUT2D eigenvalue weighted by Gasteiger charge is 2.29. The van der Waals surface area contributed by atoms with Crippen LogP contribution in [0.4, 0.5) is 0 Å². The third-order valence-corrected chi connectivity index (χ3v) is 3.21. The Morgan fingerprint density at radius 1 is 1.56 bits per heavy atom. The predicted octanol–water partition coefficient (Wildman–Crippen LogP) is 1.58. The van der Waals surface area contributed by atoms with Gasteiger partial charge in [-0.3, -0.25) is 9.59 Å². The van der Waals surface area contributed by atoms with Gasteiger partial charge in [0, 0.05) is 25.0 Å². The number of hydrogen-bond acceptors (Lipinski definition) is 2. The molecule has 1 N–H and O–H groups in total. The van der Waals surface area contributed by atoms with Crippen LogP contribution in [0.3, 0.4) is 0 Å². The molecule has 0 spiro atoms. The molecular weight excluding hydrogens is 252 g/mol. The number of rotatable bonds is 3. The maximum absolute atomic E-state index is 12.1. The van der Waals surface area contributed by atoms with Gasteiger partial charge >= 0.3 is 0 Å². The third kappa shape index (κ3) is 3.01. The van der Waals surface area contributed by atoms with Crippen LogP contribution < -0.4 is 5.32 Å². The van der Waals surface area contributed by atoms with Crippen LogP contribution in [0.2, 0.25) is 5.02 Å². The minimum atomic E-state index is -0.373. The highest BCUT2D eigenvalue weighted by molar-refractivity contribution is 6.30. The summed E-state index contributed by atoms with van der Waals surface area (Å²) in [5.41, 5.74) is 0.975. The Kier molecular flexibility index (Phi) is 3.87. The fourth-order valence-corrected chi connectivity index (χ4v) is 2.27. The van der Waals surface area contributed by atoms with E-state index >= 15 is 0 Å². The van der Waals surface area contributed by atoms with Crippen molar-refractivity contribution >= 4 is 23.4 Å². The summed E-state index contributed by atoms with van der Waals surface area (Å²) in [6.07, 6.45) is 1.01. The van der Waals surface area contributed by atoms with Gasteiger partial charge in [-0.05, 0) is 24.1 Å². The molecule has 1 saturated heterocycles. The van der Waals surface area contributed by atoms with Crippen molar-refractivity contribution in [2.45, 2.75) is 25.4 Å². The van der Waals surface area contributed by atoms with Crippen LogP contribution in [0.5, 0.6) is 0 Å². The molecule has 0 bridgehead atoms. The van der Waals surface area contributed by atoms with Crippen molar-refractivity contribution in [2.75, 3.05) is 7.05 Å². The number of nitrogens with one attached hydrogen (secondary N) is 1. The van der Waals surface area contributed by atoms with Gasteiger partial charge in [-0.1, -0.05) is 23.7 Å². The van der Waals surface area contributed by atoms with Gasteiger partial charge in [0.1, 0.15) is 6.04 Å². The summed E-state index contributed by atoms with van der Waals surface area (Å²) < 4.78 is 0. The highest BCUT2D eigenvalue weighted by atomic mass is 35.5. The summed E-state index contributed by atoms with van der Waals surface area (Å²) in [4.78, 5) is 24.8. The molecule has 0 saturated carbocycles. The minimum absolute atomic E-state index is 0.0514. The van der Waals surface area contributed by atoms with E-state index in [1.807, 2.05) is 18.2 Å². The van der Waals surface area contributed by atoms with Crippen LogP contribution in [0.25, 0.3) is 0 Å². The maximum Gasteiger partial charge on any atom is 0.245 e. The van der Waals surface area contributed by atoms with Crippen LogP contribution in [-0.4, -0.2) is 29.8 Å². The van der Waals surface area contributed by atoms with Crippen molar-refractivity contribution in [3.8, 4) is 0 Å². The van der Waals surface area contributed by atoms with Crippen molar-refractivity contribution in [1.29, 1.82) is 0 Å². The van der Waals surface area contributed by atoms with Crippen molar-refractivity contribution in [1.82, 2.24) is 10.2 Å². The predicted molar refractivity (Wildman–Crippen MR) is 69.1 cm³/mol. The summed E-state index contributed by atoms with van der Waals surface area (Å²) in [6.45, 7) is 0.492. The molecule has 1 unspecified atom stereocenters. The Hall–Kier alpha value is -1.55. The number of benzene rings is 1. The van der Waals surface area contributed by atoms with Crippen LogP contribution in [-0.2, 0) is 16.1 Å². The number of amides is 2. The summed E-state index contributed by atoms with van der Waals surface area (Å²) in [6, 6.07) is 7.03. The van der Waals surface area contributed by atoms with Crippen LogP contribution in [0.1, 0.15) is 18.4 Å². The normalized spacial score (nSPS) is 18.6. The second-order valence-electron chi connectivity index (χ2n) is 4.48. The lowest BCUT2D eigenvalue weighted by molar-refractivity contribution is -0.133. The molecule has 4 nitrogen and oxygen atoms in total. The summed E-state index contributed by atoms with van der Waals surface area (Å²) in [7, 11) is 1.73. The van der Waals surface area contributed by atoms with Gasteiger partial charge in [0.2, 0.25) is 11.8 Å². The van der Waals surface area contributed by atoms with Crippen molar-refractivity contribution < 1.29 is 9.59 Å². The molecule has 0 aromatic heterocycles. The summed E-state index contributed by atoms with van der Waals surface area (Å²) in [5.74, 6) is -0.106. The largest absolute Gasteiger partial charge is 0.344 e. The average molecular weight is 267 g/mol. The first-order valence-electron chi connectivity index (χ1n) is 5.85. The summed E-state index contributed by atoms with van der Waals surface area (Å²) >= 11 is 5.89. The molecule has 1 aromatic rings. The summed E-state index contributed by atoms with van der Waals surface area (Å²) in [5, 5.41) is 3.33. The van der Waals surface area contributed by atoms with E-state index in [1.165, 1.54) is 0 Å². The number of halogens is 1. The SMILES string of the molecule is CN(Cc1cccc(Cl)c1)C(=O)C1CCC(=O)N1. The van der Waals surface area contributed by atoms with Crippen LogP contribution in [0.15, 0.2) is 24.3 Å². The van der Waals surface area contributed by atoms with Gasteiger partial charge in [-0.25, -0.2) is 0 Å². The van der Waals surface area contributed by atoms with Gasteiger partial charge in [-0.2, -0.15) is 0 Å². The van der Waals surface area contributed by atoms with Crippen molar-refractivity contribution in [3.63, 3.8) is 0 Å². The molecule has 0 radical (unpaired) electrons. The fraction of sp³-hybridized carbons (Fsp3) is 0.385. The molecule has 96 valence electrons. The quantitative estimate of drug-likeness (QED) is 0.903. The Morgan fingerprint density at radius 2 is 2.33 bits per heavy atom. The van der Waals surface area contributed by atoms with E-state index in [0.717, 1.165) is 5.56 Å². The van der Waals surface area contributed by atoms with E-state index in [9.17, 15) is 9.59 Å². The lowest BCUT2D eigenvalue weighted by Crippen LogP contribution is -2.42. The third-order valence-electron chi connectivity index (χ3n) is 2.98. The molecule has 1 aromatic carbocycles. The highest BCUT2D eigenvalue weighted by Crippen LogP contribution is 2.14. The van der Waals surface area contributed by atoms with E-state index in [0.29, 0.717) is 24.4 Å². The van der Waals surface area contributed by atoms with Crippen molar-refractivity contribution in [2.24, 2.45) is 0 Å². The van der Waals surface area contributed by atoms with Crippen LogP contribution in [0, 0.1) is 0 Å². The molecule has 1 heterocycles. The smallest absolute Gasteiger partial charge is 0.245 e. The van der Waals surface area contributed by atoms with Gasteiger partial charge in [-0.15, -0.1) is 0 Å². The van der Waals surface area contributed by atoms with Gasteiger partial charge < -0.3 is 10.2 Å². The number of carbonyl (C=O) groups is 2. The fourth-order valence-electron chi connectivity index (χ4n) is 2.05. The standard InChI is InChI=1S/C13H15ClN2O2/c1-16(8-9-3-2-4-10(14)7-9)13(18)11-5-6-12(17)15-11/h2-4,7,11H,5-6,8H2,1H3,(H,15,17). The van der Waals surface area contributed by atoms with Crippen LogP contribution >= 0.6 is 11.6 Å². The maximum atomic E-state index is 12.1. The molecule has 1 atom stereocenters. The lowest BCUT2D eigenvalue weighted by atomic mass is 10.1. The zero-order valence-electron chi connectivity index (χ0n) is 10.1. The molecule has 0 aliphatic carbocycles. The molecule has 1 aliphatic rings.